The van der Waals surface area contributed by atoms with Gasteiger partial charge < -0.3 is 14.6 Å². The van der Waals surface area contributed by atoms with Gasteiger partial charge in [0.1, 0.15) is 6.10 Å². The first-order chi connectivity index (χ1) is 9.92. The third-order valence-electron chi connectivity index (χ3n) is 3.67. The van der Waals surface area contributed by atoms with E-state index >= 15 is 0 Å². The summed E-state index contributed by atoms with van der Waals surface area (Å²) < 4.78 is 10.8. The van der Waals surface area contributed by atoms with Crippen LogP contribution in [0.1, 0.15) is 71.7 Å². The highest BCUT2D eigenvalue weighted by molar-refractivity contribution is 4.95. The van der Waals surface area contributed by atoms with E-state index in [2.05, 4.69) is 50.1 Å². The maximum absolute atomic E-state index is 5.43. The first kappa shape index (κ1) is 18.1. The number of ether oxygens (including phenoxy) is 1. The van der Waals surface area contributed by atoms with Crippen LogP contribution >= 0.6 is 0 Å². The lowest BCUT2D eigenvalue weighted by Gasteiger charge is -2.30. The minimum Gasteiger partial charge on any atom is -0.373 e. The van der Waals surface area contributed by atoms with Crippen LogP contribution in [-0.4, -0.2) is 29.8 Å². The fourth-order valence-corrected chi connectivity index (χ4v) is 2.27. The summed E-state index contributed by atoms with van der Waals surface area (Å²) >= 11 is 0. The van der Waals surface area contributed by atoms with Crippen LogP contribution in [0.15, 0.2) is 4.52 Å². The Hall–Kier alpha value is -0.940. The number of hydrogen-bond acceptors (Lipinski definition) is 5. The van der Waals surface area contributed by atoms with Gasteiger partial charge in [-0.15, -0.1) is 0 Å². The van der Waals surface area contributed by atoms with E-state index in [1.807, 2.05) is 0 Å². The second-order valence-corrected chi connectivity index (χ2v) is 6.64. The number of hydrogen-bond donors (Lipinski definition) is 1. The van der Waals surface area contributed by atoms with E-state index in [1.54, 1.807) is 7.11 Å². The van der Waals surface area contributed by atoms with Crippen molar-refractivity contribution in [2.24, 2.45) is 5.41 Å². The summed E-state index contributed by atoms with van der Waals surface area (Å²) in [6.45, 7) is 12.0. The molecule has 5 heteroatoms. The molecular weight excluding hydrogens is 266 g/mol. The van der Waals surface area contributed by atoms with Crippen molar-refractivity contribution in [2.75, 3.05) is 13.7 Å². The summed E-state index contributed by atoms with van der Waals surface area (Å²) in [5.74, 6) is 1.35. The Labute approximate surface area is 128 Å². The Morgan fingerprint density at radius 1 is 1.24 bits per heavy atom. The van der Waals surface area contributed by atoms with Gasteiger partial charge in [-0.25, -0.2) is 0 Å². The van der Waals surface area contributed by atoms with Crippen molar-refractivity contribution in [3.8, 4) is 0 Å². The highest BCUT2D eigenvalue weighted by Crippen LogP contribution is 2.24. The van der Waals surface area contributed by atoms with Crippen LogP contribution in [-0.2, 0) is 11.2 Å². The van der Waals surface area contributed by atoms with Crippen LogP contribution in [0.25, 0.3) is 0 Å². The lowest BCUT2D eigenvalue weighted by Crippen LogP contribution is -2.42. The predicted molar refractivity (Wildman–Crippen MR) is 84.2 cm³/mol. The Morgan fingerprint density at radius 2 is 1.95 bits per heavy atom. The molecule has 0 aliphatic rings. The van der Waals surface area contributed by atoms with E-state index in [9.17, 15) is 0 Å². The summed E-state index contributed by atoms with van der Waals surface area (Å²) in [6, 6.07) is 0.318. The second-order valence-electron chi connectivity index (χ2n) is 6.64. The monoisotopic (exact) mass is 297 g/mol. The van der Waals surface area contributed by atoms with Gasteiger partial charge in [-0.05, 0) is 24.8 Å². The molecule has 0 aliphatic heterocycles. The van der Waals surface area contributed by atoms with Gasteiger partial charge in [-0.1, -0.05) is 46.2 Å². The number of rotatable bonds is 9. The van der Waals surface area contributed by atoms with Gasteiger partial charge in [-0.3, -0.25) is 0 Å². The lowest BCUT2D eigenvalue weighted by molar-refractivity contribution is 0.0854. The average Bonchev–Trinajstić information content (AvgIpc) is 2.87. The zero-order valence-electron chi connectivity index (χ0n) is 14.4. The summed E-state index contributed by atoms with van der Waals surface area (Å²) in [4.78, 5) is 4.52. The Morgan fingerprint density at radius 3 is 2.48 bits per heavy atom. The van der Waals surface area contributed by atoms with Crippen molar-refractivity contribution < 1.29 is 9.26 Å². The lowest BCUT2D eigenvalue weighted by atomic mass is 9.84. The first-order valence-corrected chi connectivity index (χ1v) is 8.01. The largest absolute Gasteiger partial charge is 0.373 e. The zero-order chi connectivity index (χ0) is 15.9. The van der Waals surface area contributed by atoms with Crippen molar-refractivity contribution in [2.45, 2.75) is 72.4 Å². The molecule has 0 aromatic carbocycles. The standard InChI is InChI=1S/C16H31N3O2/c1-7-9-12(20-6)15-18-14(21-19-15)11-13(16(3,4)5)17-10-8-2/h12-13,17H,7-11H2,1-6H3. The van der Waals surface area contributed by atoms with Crippen LogP contribution in [0.3, 0.4) is 0 Å². The van der Waals surface area contributed by atoms with Crippen molar-refractivity contribution in [1.82, 2.24) is 15.5 Å². The number of nitrogens with one attached hydrogen (secondary N) is 1. The number of methoxy groups -OCH3 is 1. The molecule has 21 heavy (non-hydrogen) atoms. The highest BCUT2D eigenvalue weighted by Gasteiger charge is 2.27. The highest BCUT2D eigenvalue weighted by atomic mass is 16.5. The van der Waals surface area contributed by atoms with Gasteiger partial charge in [0.2, 0.25) is 11.7 Å². The van der Waals surface area contributed by atoms with Crippen molar-refractivity contribution in [1.29, 1.82) is 0 Å². The molecule has 1 rings (SSSR count). The number of nitrogens with zero attached hydrogens (tertiary/aromatic N) is 2. The van der Waals surface area contributed by atoms with Gasteiger partial charge in [0.05, 0.1) is 0 Å². The van der Waals surface area contributed by atoms with Gasteiger partial charge in [0, 0.05) is 19.6 Å². The molecule has 1 N–H and O–H groups in total. The van der Waals surface area contributed by atoms with Crippen molar-refractivity contribution >= 4 is 0 Å². The SMILES string of the molecule is CCCNC(Cc1nc(C(CCC)OC)no1)C(C)(C)C. The molecule has 2 atom stereocenters. The summed E-state index contributed by atoms with van der Waals surface area (Å²) in [7, 11) is 1.69. The summed E-state index contributed by atoms with van der Waals surface area (Å²) in [6.07, 6.45) is 3.74. The maximum atomic E-state index is 5.43. The van der Waals surface area contributed by atoms with Crippen LogP contribution in [0.2, 0.25) is 0 Å². The topological polar surface area (TPSA) is 60.2 Å². The molecule has 0 saturated carbocycles. The normalized spacial score (nSPS) is 15.1. The molecule has 0 amide bonds. The molecule has 0 radical (unpaired) electrons. The Balaban J connectivity index is 2.74. The Bertz CT molecular complexity index is 398. The van der Waals surface area contributed by atoms with Crippen LogP contribution < -0.4 is 5.32 Å². The van der Waals surface area contributed by atoms with Crippen LogP contribution in [0, 0.1) is 5.41 Å². The summed E-state index contributed by atoms with van der Waals surface area (Å²) in [5, 5.41) is 7.66. The van der Waals surface area contributed by atoms with E-state index in [1.165, 1.54) is 0 Å². The van der Waals surface area contributed by atoms with E-state index < -0.39 is 0 Å². The van der Waals surface area contributed by atoms with E-state index in [0.29, 0.717) is 17.8 Å². The van der Waals surface area contributed by atoms with Crippen LogP contribution in [0.5, 0.6) is 0 Å². The van der Waals surface area contributed by atoms with Crippen LogP contribution in [0.4, 0.5) is 0 Å². The van der Waals surface area contributed by atoms with Gasteiger partial charge in [0.25, 0.3) is 0 Å². The number of aromatic nitrogens is 2. The molecule has 0 spiro atoms. The quantitative estimate of drug-likeness (QED) is 0.755. The van der Waals surface area contributed by atoms with Crippen molar-refractivity contribution in [3.05, 3.63) is 11.7 Å². The first-order valence-electron chi connectivity index (χ1n) is 8.01. The summed E-state index contributed by atoms with van der Waals surface area (Å²) in [5.41, 5.74) is 0.147. The molecule has 2 unspecified atom stereocenters. The third-order valence-corrected chi connectivity index (χ3v) is 3.67. The third kappa shape index (κ3) is 5.75. The fraction of sp³-hybridized carbons (Fsp3) is 0.875. The van der Waals surface area contributed by atoms with E-state index in [-0.39, 0.29) is 11.5 Å². The molecule has 0 aliphatic carbocycles. The van der Waals surface area contributed by atoms with E-state index in [0.717, 1.165) is 32.2 Å². The molecule has 5 nitrogen and oxygen atoms in total. The van der Waals surface area contributed by atoms with Crippen molar-refractivity contribution in [3.63, 3.8) is 0 Å². The minimum atomic E-state index is -0.0656. The molecule has 1 aromatic heterocycles. The van der Waals surface area contributed by atoms with Gasteiger partial charge in [0.15, 0.2) is 0 Å². The van der Waals surface area contributed by atoms with E-state index in [4.69, 9.17) is 9.26 Å². The second kappa shape index (κ2) is 8.49. The maximum Gasteiger partial charge on any atom is 0.228 e. The Kier molecular flexibility index (Phi) is 7.32. The molecule has 0 saturated heterocycles. The molecule has 1 aromatic rings. The molecule has 0 bridgehead atoms. The van der Waals surface area contributed by atoms with Gasteiger partial charge >= 0.3 is 0 Å². The average molecular weight is 297 g/mol. The predicted octanol–water partition coefficient (Wildman–Crippen LogP) is 3.51. The molecule has 122 valence electrons. The zero-order valence-corrected chi connectivity index (χ0v) is 14.4. The fourth-order valence-electron chi connectivity index (χ4n) is 2.27. The molecule has 1 heterocycles. The smallest absolute Gasteiger partial charge is 0.228 e. The van der Waals surface area contributed by atoms with Gasteiger partial charge in [-0.2, -0.15) is 4.98 Å². The molecular formula is C16H31N3O2. The minimum absolute atomic E-state index is 0.0656. The molecule has 0 fully saturated rings.